The number of hydrogen-bond acceptors (Lipinski definition) is 4. The molecule has 5 rings (SSSR count). The van der Waals surface area contributed by atoms with Crippen LogP contribution in [-0.2, 0) is 16.1 Å². The van der Waals surface area contributed by atoms with Crippen LogP contribution in [0.1, 0.15) is 40.7 Å². The van der Waals surface area contributed by atoms with Gasteiger partial charge >= 0.3 is 5.97 Å². The van der Waals surface area contributed by atoms with Crippen molar-refractivity contribution in [2.45, 2.75) is 25.8 Å². The van der Waals surface area contributed by atoms with Crippen LogP contribution in [0.25, 0.3) is 0 Å². The fourth-order valence-electron chi connectivity index (χ4n) is 5.51. The van der Waals surface area contributed by atoms with Crippen LogP contribution in [0.2, 0.25) is 0 Å². The Hall–Kier alpha value is -2.77. The van der Waals surface area contributed by atoms with Gasteiger partial charge in [0.2, 0.25) is 5.91 Å². The van der Waals surface area contributed by atoms with Gasteiger partial charge < -0.3 is 10.1 Å². The maximum absolute atomic E-state index is 14.0. The van der Waals surface area contributed by atoms with Crippen molar-refractivity contribution >= 4 is 49.5 Å². The molecule has 0 unspecified atom stereocenters. The van der Waals surface area contributed by atoms with Crippen molar-refractivity contribution in [2.24, 2.45) is 10.8 Å². The van der Waals surface area contributed by atoms with Gasteiger partial charge in [0.1, 0.15) is 5.75 Å². The number of benzene rings is 3. The Morgan fingerprint density at radius 3 is 2.32 bits per heavy atom. The summed E-state index contributed by atoms with van der Waals surface area (Å²) >= 11 is 6.89. The maximum Gasteiger partial charge on any atom is 0.328 e. The minimum Gasteiger partial charge on any atom is -0.425 e. The molecule has 172 valence electrons. The zero-order valence-electron chi connectivity index (χ0n) is 18.3. The van der Waals surface area contributed by atoms with E-state index in [-0.39, 0.29) is 12.3 Å². The fourth-order valence-corrected chi connectivity index (χ4v) is 6.15. The average molecular weight is 583 g/mol. The largest absolute Gasteiger partial charge is 0.425 e. The zero-order chi connectivity index (χ0) is 24.1. The third kappa shape index (κ3) is 3.21. The first kappa shape index (κ1) is 23.0. The monoisotopic (exact) mass is 581 g/mol. The van der Waals surface area contributed by atoms with Gasteiger partial charge in [0.15, 0.2) is 11.2 Å². The smallest absolute Gasteiger partial charge is 0.328 e. The molecule has 3 aromatic rings. The van der Waals surface area contributed by atoms with Gasteiger partial charge in [-0.25, -0.2) is 0 Å². The summed E-state index contributed by atoms with van der Waals surface area (Å²) in [6, 6.07) is 21.8. The third-order valence-corrected chi connectivity index (χ3v) is 8.10. The van der Waals surface area contributed by atoms with E-state index in [4.69, 9.17) is 4.74 Å². The van der Waals surface area contributed by atoms with Gasteiger partial charge in [-0.05, 0) is 42.3 Å². The van der Waals surface area contributed by atoms with Crippen molar-refractivity contribution in [2.75, 3.05) is 0 Å². The predicted octanol–water partition coefficient (Wildman–Crippen LogP) is 5.81. The minimum atomic E-state index is -1.63. The highest BCUT2D eigenvalue weighted by atomic mass is 79.9. The first-order valence-corrected chi connectivity index (χ1v) is 12.6. The highest BCUT2D eigenvalue weighted by Crippen LogP contribution is 2.80. The quantitative estimate of drug-likeness (QED) is 0.172. The number of ketones is 1. The summed E-state index contributed by atoms with van der Waals surface area (Å²) in [6.07, 6.45) is 0.312. The SMILES string of the molecule is CC[C@@]1(C(=O)c2ccc(Br)cc2)[C@H]2c3cc(Br)ccc3OC(=O)[C@@]21C(=O)NCc1ccccc1. The van der Waals surface area contributed by atoms with E-state index in [0.29, 0.717) is 23.3 Å². The summed E-state index contributed by atoms with van der Waals surface area (Å²) in [5, 5.41) is 2.92. The van der Waals surface area contributed by atoms with Crippen LogP contribution in [0.3, 0.4) is 0 Å². The molecule has 5 nitrogen and oxygen atoms in total. The van der Waals surface area contributed by atoms with E-state index in [1.807, 2.05) is 43.3 Å². The summed E-state index contributed by atoms with van der Waals surface area (Å²) in [4.78, 5) is 41.4. The second-order valence-electron chi connectivity index (χ2n) is 8.64. The van der Waals surface area contributed by atoms with Crippen LogP contribution in [-0.4, -0.2) is 17.7 Å². The molecule has 0 saturated heterocycles. The van der Waals surface area contributed by atoms with Crippen molar-refractivity contribution < 1.29 is 19.1 Å². The average Bonchev–Trinajstić information content (AvgIpc) is 3.50. The molecule has 0 bridgehead atoms. The third-order valence-electron chi connectivity index (χ3n) is 7.08. The Kier molecular flexibility index (Phi) is 5.73. The van der Waals surface area contributed by atoms with Gasteiger partial charge in [0.05, 0.1) is 5.41 Å². The van der Waals surface area contributed by atoms with Gasteiger partial charge in [-0.15, -0.1) is 0 Å². The highest BCUT2D eigenvalue weighted by Gasteiger charge is 2.89. The topological polar surface area (TPSA) is 72.5 Å². The van der Waals surface area contributed by atoms with Crippen molar-refractivity contribution in [3.05, 3.63) is 98.4 Å². The summed E-state index contributed by atoms with van der Waals surface area (Å²) < 4.78 is 7.33. The van der Waals surface area contributed by atoms with Gasteiger partial charge in [-0.2, -0.15) is 0 Å². The Labute approximate surface area is 214 Å². The lowest BCUT2D eigenvalue weighted by atomic mass is 9.82. The van der Waals surface area contributed by atoms with Crippen LogP contribution in [0.5, 0.6) is 5.75 Å². The van der Waals surface area contributed by atoms with Crippen LogP contribution in [0.15, 0.2) is 81.7 Å². The molecule has 0 spiro atoms. The number of fused-ring (bicyclic) bond motifs is 3. The second-order valence-corrected chi connectivity index (χ2v) is 10.5. The van der Waals surface area contributed by atoms with Crippen molar-refractivity contribution in [3.8, 4) is 5.75 Å². The molecular weight excluding hydrogens is 562 g/mol. The van der Waals surface area contributed by atoms with Crippen LogP contribution < -0.4 is 10.1 Å². The highest BCUT2D eigenvalue weighted by molar-refractivity contribution is 9.10. The Morgan fingerprint density at radius 2 is 1.65 bits per heavy atom. The zero-order valence-corrected chi connectivity index (χ0v) is 21.5. The first-order valence-electron chi connectivity index (χ1n) is 11.0. The number of esters is 1. The molecule has 1 aliphatic carbocycles. The van der Waals surface area contributed by atoms with Crippen molar-refractivity contribution in [3.63, 3.8) is 0 Å². The number of amides is 1. The number of ether oxygens (including phenoxy) is 1. The molecule has 3 aromatic carbocycles. The molecular formula is C27H21Br2NO4. The molecule has 1 heterocycles. The van der Waals surface area contributed by atoms with E-state index >= 15 is 0 Å². The van der Waals surface area contributed by atoms with E-state index in [2.05, 4.69) is 37.2 Å². The second kappa shape index (κ2) is 8.47. The lowest BCUT2D eigenvalue weighted by Gasteiger charge is -2.24. The Bertz CT molecular complexity index is 1310. The molecule has 1 amide bonds. The van der Waals surface area contributed by atoms with Gasteiger partial charge in [0.25, 0.3) is 0 Å². The number of carbonyl (C=O) groups is 3. The molecule has 34 heavy (non-hydrogen) atoms. The molecule has 7 heteroatoms. The summed E-state index contributed by atoms with van der Waals surface area (Å²) in [5.74, 6) is -1.61. The first-order chi connectivity index (χ1) is 16.4. The Morgan fingerprint density at radius 1 is 0.971 bits per heavy atom. The number of hydrogen-bond donors (Lipinski definition) is 1. The van der Waals surface area contributed by atoms with E-state index in [1.54, 1.807) is 36.4 Å². The number of halogens is 2. The summed E-state index contributed by atoms with van der Waals surface area (Å²) in [5.41, 5.74) is -0.826. The molecule has 1 aliphatic heterocycles. The van der Waals surface area contributed by atoms with Crippen LogP contribution >= 0.6 is 31.9 Å². The van der Waals surface area contributed by atoms with Crippen molar-refractivity contribution in [1.82, 2.24) is 5.32 Å². The lowest BCUT2D eigenvalue weighted by molar-refractivity contribution is -0.149. The fraction of sp³-hybridized carbons (Fsp3) is 0.222. The van der Waals surface area contributed by atoms with Gasteiger partial charge in [0, 0.05) is 32.5 Å². The standard InChI is InChI=1S/C27H21Br2NO4/c1-2-26(23(31)17-8-10-18(28)11-9-17)22-20-14-19(29)12-13-21(20)34-25(33)27(22,26)24(32)30-15-16-6-4-3-5-7-16/h3-14,22H,2,15H2,1H3,(H,30,32)/t22-,26+,27+/m1/s1. The molecule has 0 aromatic heterocycles. The molecule has 2 aliphatic rings. The van der Waals surface area contributed by atoms with Crippen molar-refractivity contribution in [1.29, 1.82) is 0 Å². The normalized spacial score (nSPS) is 24.4. The molecule has 1 saturated carbocycles. The summed E-state index contributed by atoms with van der Waals surface area (Å²) in [6.45, 7) is 2.10. The van der Waals surface area contributed by atoms with E-state index < -0.39 is 28.6 Å². The van der Waals surface area contributed by atoms with Crippen LogP contribution in [0, 0.1) is 10.8 Å². The minimum absolute atomic E-state index is 0.230. The number of nitrogens with one attached hydrogen (secondary N) is 1. The lowest BCUT2D eigenvalue weighted by Crippen LogP contribution is -2.45. The Balaban J connectivity index is 1.62. The molecule has 0 radical (unpaired) electrons. The van der Waals surface area contributed by atoms with Gasteiger partial charge in [-0.1, -0.05) is 81.2 Å². The summed E-state index contributed by atoms with van der Waals surface area (Å²) in [7, 11) is 0. The van der Waals surface area contributed by atoms with Gasteiger partial charge in [-0.3, -0.25) is 14.4 Å². The molecule has 3 atom stereocenters. The molecule has 1 N–H and O–H groups in total. The predicted molar refractivity (Wildman–Crippen MR) is 134 cm³/mol. The van der Waals surface area contributed by atoms with E-state index in [9.17, 15) is 14.4 Å². The van der Waals surface area contributed by atoms with E-state index in [0.717, 1.165) is 14.5 Å². The number of rotatable bonds is 6. The number of Topliss-reactive ketones (excluding diaryl/α,β-unsaturated/α-hetero) is 1. The molecule has 1 fully saturated rings. The van der Waals surface area contributed by atoms with Crippen LogP contribution in [0.4, 0.5) is 0 Å². The maximum atomic E-state index is 14.0. The number of carbonyl (C=O) groups excluding carboxylic acids is 3. The van der Waals surface area contributed by atoms with E-state index in [1.165, 1.54) is 0 Å².